The van der Waals surface area contributed by atoms with Crippen LogP contribution in [0.1, 0.15) is 92.9 Å². The number of aliphatic hydroxyl groups excluding tert-OH is 1. The van der Waals surface area contributed by atoms with Crippen LogP contribution in [0.4, 0.5) is 0 Å². The van der Waals surface area contributed by atoms with E-state index in [1.807, 2.05) is 25.2 Å². The lowest BCUT2D eigenvalue weighted by atomic mass is 9.84. The van der Waals surface area contributed by atoms with Crippen molar-refractivity contribution in [2.24, 2.45) is 17.8 Å². The van der Waals surface area contributed by atoms with E-state index < -0.39 is 47.7 Å². The van der Waals surface area contributed by atoms with Crippen molar-refractivity contribution >= 4 is 23.7 Å². The van der Waals surface area contributed by atoms with Gasteiger partial charge in [0.1, 0.15) is 18.8 Å². The smallest absolute Gasteiger partial charge is 0.303 e. The molecule has 12 nitrogen and oxygen atoms in total. The highest BCUT2D eigenvalue weighted by molar-refractivity contribution is 5.85. The minimum Gasteiger partial charge on any atom is -0.466 e. The SMILES string of the molecule is C=C(COC(C)=O)[C@@H](OC(C)=O)[C@@H](C)C[C@@H](C)C(=O)[C@@H](O)[C@H]1C[C@@H]2O[C@]3(CC[C@]4(C=CC[C@@H](/C=C/CCCOC(C)=O)O4)O3)[C@@H](C)C[C@@H]2O1. The average Bonchev–Trinajstić information content (AvgIpc) is 3.60. The molecule has 1 N–H and O–H groups in total. The molecule has 274 valence electrons. The van der Waals surface area contributed by atoms with E-state index in [-0.39, 0.29) is 48.5 Å². The summed E-state index contributed by atoms with van der Waals surface area (Å²) >= 11 is 0. The molecule has 4 aliphatic rings. The van der Waals surface area contributed by atoms with Crippen molar-refractivity contribution in [1.29, 1.82) is 0 Å². The number of hydrogen-bond acceptors (Lipinski definition) is 12. The third kappa shape index (κ3) is 10.1. The van der Waals surface area contributed by atoms with Gasteiger partial charge in [-0.1, -0.05) is 45.6 Å². The van der Waals surface area contributed by atoms with Gasteiger partial charge in [-0.2, -0.15) is 0 Å². The molecule has 0 aromatic carbocycles. The number of rotatable bonds is 15. The summed E-state index contributed by atoms with van der Waals surface area (Å²) in [5, 5.41) is 11.2. The Labute approximate surface area is 289 Å². The zero-order chi connectivity index (χ0) is 35.9. The van der Waals surface area contributed by atoms with E-state index in [2.05, 4.69) is 19.6 Å². The summed E-state index contributed by atoms with van der Waals surface area (Å²) < 4.78 is 41.5. The first-order valence-electron chi connectivity index (χ1n) is 17.5. The number of fused-ring (bicyclic) bond motifs is 1. The van der Waals surface area contributed by atoms with Crippen molar-refractivity contribution in [3.63, 3.8) is 0 Å². The molecule has 12 heteroatoms. The number of ketones is 1. The van der Waals surface area contributed by atoms with E-state index >= 15 is 0 Å². The molecule has 4 aliphatic heterocycles. The number of allylic oxidation sites excluding steroid dienone is 1. The van der Waals surface area contributed by atoms with Crippen LogP contribution in [0.2, 0.25) is 0 Å². The highest BCUT2D eigenvalue weighted by Crippen LogP contribution is 2.52. The van der Waals surface area contributed by atoms with Gasteiger partial charge in [-0.05, 0) is 44.1 Å². The second kappa shape index (κ2) is 16.9. The average molecular weight is 691 g/mol. The zero-order valence-corrected chi connectivity index (χ0v) is 29.7. The standard InChI is InChI=1S/C37H54O12/c1-22(18-23(2)35(45-28(7)40)24(3)21-44-27(6)39)33(41)34(42)32-20-31-30(46-32)19-25(4)37(48-31)16-15-36(49-37)14-11-13-29(47-36)12-9-8-10-17-43-26(5)38/h9,11-12,14,22-23,25,29-32,34-35,42H,3,8,10,13,15-21H2,1-2,4-7H3/b12-9+/t22-,23+,25+,29-,30+,31+,32-,34+,35+,36+,37+/m1/s1. The Bertz CT molecular complexity index is 1280. The van der Waals surface area contributed by atoms with Crippen LogP contribution in [0.5, 0.6) is 0 Å². The molecule has 4 rings (SSSR count). The predicted octanol–water partition coefficient (Wildman–Crippen LogP) is 4.66. The zero-order valence-electron chi connectivity index (χ0n) is 29.7. The highest BCUT2D eigenvalue weighted by Gasteiger charge is 2.60. The van der Waals surface area contributed by atoms with Gasteiger partial charge in [0.05, 0.1) is 31.0 Å². The third-order valence-corrected chi connectivity index (χ3v) is 9.87. The number of Topliss-reactive ketones (excluding diaryl/α,β-unsaturated/α-hetero) is 1. The highest BCUT2D eigenvalue weighted by atomic mass is 16.8. The quantitative estimate of drug-likeness (QED) is 0.110. The third-order valence-electron chi connectivity index (χ3n) is 9.87. The largest absolute Gasteiger partial charge is 0.466 e. The van der Waals surface area contributed by atoms with Crippen LogP contribution in [0.25, 0.3) is 0 Å². The van der Waals surface area contributed by atoms with Gasteiger partial charge in [-0.3, -0.25) is 19.2 Å². The van der Waals surface area contributed by atoms with Crippen molar-refractivity contribution in [2.75, 3.05) is 13.2 Å². The van der Waals surface area contributed by atoms with Gasteiger partial charge in [0.2, 0.25) is 0 Å². The molecule has 0 unspecified atom stereocenters. The van der Waals surface area contributed by atoms with Gasteiger partial charge < -0.3 is 38.3 Å². The lowest BCUT2D eigenvalue weighted by Crippen LogP contribution is -2.53. The van der Waals surface area contributed by atoms with E-state index in [1.54, 1.807) is 6.92 Å². The van der Waals surface area contributed by atoms with Crippen molar-refractivity contribution in [1.82, 2.24) is 0 Å². The predicted molar refractivity (Wildman–Crippen MR) is 177 cm³/mol. The molecule has 49 heavy (non-hydrogen) atoms. The molecule has 0 bridgehead atoms. The van der Waals surface area contributed by atoms with Gasteiger partial charge in [-0.25, -0.2) is 0 Å². The number of ether oxygens (including phenoxy) is 7. The Morgan fingerprint density at radius 3 is 2.45 bits per heavy atom. The van der Waals surface area contributed by atoms with Crippen LogP contribution in [0.15, 0.2) is 36.5 Å². The topological polar surface area (TPSA) is 153 Å². The van der Waals surface area contributed by atoms with Gasteiger partial charge in [0, 0.05) is 57.4 Å². The van der Waals surface area contributed by atoms with Crippen LogP contribution in [-0.2, 0) is 52.3 Å². The van der Waals surface area contributed by atoms with Gasteiger partial charge in [0.15, 0.2) is 17.4 Å². The number of esters is 3. The Morgan fingerprint density at radius 1 is 1.02 bits per heavy atom. The number of unbranched alkanes of at least 4 members (excludes halogenated alkanes) is 1. The minimum absolute atomic E-state index is 0.0213. The van der Waals surface area contributed by atoms with Crippen LogP contribution in [-0.4, -0.2) is 90.2 Å². The van der Waals surface area contributed by atoms with E-state index in [1.165, 1.54) is 20.8 Å². The molecule has 0 radical (unpaired) electrons. The second-order valence-electron chi connectivity index (χ2n) is 14.1. The molecule has 0 amide bonds. The molecule has 0 aliphatic carbocycles. The monoisotopic (exact) mass is 690 g/mol. The first-order valence-corrected chi connectivity index (χ1v) is 17.5. The lowest BCUT2D eigenvalue weighted by molar-refractivity contribution is -0.355. The number of carbonyl (C=O) groups excluding carboxylic acids is 4. The molecular weight excluding hydrogens is 636 g/mol. The maximum absolute atomic E-state index is 13.5. The summed E-state index contributed by atoms with van der Waals surface area (Å²) in [6.45, 7) is 13.8. The molecule has 3 saturated heterocycles. The Balaban J connectivity index is 1.31. The molecule has 0 saturated carbocycles. The lowest BCUT2D eigenvalue weighted by Gasteiger charge is -2.45. The van der Waals surface area contributed by atoms with E-state index in [0.29, 0.717) is 44.3 Å². The van der Waals surface area contributed by atoms with Crippen LogP contribution in [0, 0.1) is 17.8 Å². The summed E-state index contributed by atoms with van der Waals surface area (Å²) in [5.74, 6) is -4.36. The molecule has 2 spiro atoms. The van der Waals surface area contributed by atoms with Gasteiger partial charge >= 0.3 is 17.9 Å². The molecule has 3 fully saturated rings. The normalized spacial score (nSPS) is 33.2. The molecule has 0 aromatic heterocycles. The number of carbonyl (C=O) groups is 4. The summed E-state index contributed by atoms with van der Waals surface area (Å²) in [4.78, 5) is 47.5. The fraction of sp³-hybridized carbons (Fsp3) is 0.730. The summed E-state index contributed by atoms with van der Waals surface area (Å²) in [7, 11) is 0. The fourth-order valence-electron chi connectivity index (χ4n) is 7.39. The minimum atomic E-state index is -1.36. The molecular formula is C37H54O12. The van der Waals surface area contributed by atoms with E-state index in [0.717, 1.165) is 19.3 Å². The van der Waals surface area contributed by atoms with E-state index in [4.69, 9.17) is 33.2 Å². The molecule has 0 aromatic rings. The first kappa shape index (κ1) is 38.9. The Kier molecular flexibility index (Phi) is 13.4. The van der Waals surface area contributed by atoms with Crippen molar-refractivity contribution < 1.29 is 57.4 Å². The maximum Gasteiger partial charge on any atom is 0.303 e. The fourth-order valence-corrected chi connectivity index (χ4v) is 7.39. The Hall–Kier alpha value is -2.90. The maximum atomic E-state index is 13.5. The number of hydrogen-bond donors (Lipinski definition) is 1. The van der Waals surface area contributed by atoms with Crippen molar-refractivity contribution in [2.45, 2.75) is 141 Å². The van der Waals surface area contributed by atoms with E-state index in [9.17, 15) is 24.3 Å². The molecule has 11 atom stereocenters. The summed E-state index contributed by atoms with van der Waals surface area (Å²) in [6.07, 6.45) is 9.27. The van der Waals surface area contributed by atoms with Crippen molar-refractivity contribution in [3.05, 3.63) is 36.5 Å². The van der Waals surface area contributed by atoms with Gasteiger partial charge in [-0.15, -0.1) is 0 Å². The van der Waals surface area contributed by atoms with Crippen LogP contribution >= 0.6 is 0 Å². The van der Waals surface area contributed by atoms with Gasteiger partial charge in [0.25, 0.3) is 0 Å². The van der Waals surface area contributed by atoms with Crippen LogP contribution in [0.3, 0.4) is 0 Å². The first-order chi connectivity index (χ1) is 23.1. The Morgan fingerprint density at radius 2 is 1.76 bits per heavy atom. The summed E-state index contributed by atoms with van der Waals surface area (Å²) in [5.41, 5.74) is 0.409. The number of aliphatic hydroxyl groups is 1. The summed E-state index contributed by atoms with van der Waals surface area (Å²) in [6, 6.07) is 0. The van der Waals surface area contributed by atoms with Crippen LogP contribution < -0.4 is 0 Å². The van der Waals surface area contributed by atoms with Crippen molar-refractivity contribution in [3.8, 4) is 0 Å². The molecule has 4 heterocycles. The second-order valence-corrected chi connectivity index (χ2v) is 14.1.